The second kappa shape index (κ2) is 4.11. The number of carbonyl (C=O) groups excluding carboxylic acids is 2. The van der Waals surface area contributed by atoms with Crippen molar-refractivity contribution in [1.29, 1.82) is 10.8 Å². The first-order valence-corrected chi connectivity index (χ1v) is 6.54. The van der Waals surface area contributed by atoms with Gasteiger partial charge in [0.05, 0.1) is 16.7 Å². The number of carbonyl (C=O) groups is 2. The SMILES string of the molecule is N=C1NC(=O)c2ccc(-c3ccc4c(c3)C(=O)OC4=N)cc21. The molecule has 0 fully saturated rings. The number of hydrogen-bond acceptors (Lipinski definition) is 5. The molecule has 6 nitrogen and oxygen atoms in total. The fourth-order valence-corrected chi connectivity index (χ4v) is 2.67. The van der Waals surface area contributed by atoms with Crippen molar-refractivity contribution in [3.8, 4) is 11.1 Å². The topological polar surface area (TPSA) is 103 Å². The van der Waals surface area contributed by atoms with Gasteiger partial charge in [0, 0.05) is 5.56 Å². The van der Waals surface area contributed by atoms with Crippen LogP contribution in [0.4, 0.5) is 0 Å². The fraction of sp³-hybridized carbons (Fsp3) is 0. The summed E-state index contributed by atoms with van der Waals surface area (Å²) in [6.45, 7) is 0. The van der Waals surface area contributed by atoms with Crippen molar-refractivity contribution in [3.63, 3.8) is 0 Å². The normalized spacial score (nSPS) is 15.5. The Hall–Kier alpha value is -3.28. The summed E-state index contributed by atoms with van der Waals surface area (Å²) >= 11 is 0. The van der Waals surface area contributed by atoms with Gasteiger partial charge in [-0.2, -0.15) is 0 Å². The Bertz CT molecular complexity index is 839. The zero-order valence-electron chi connectivity index (χ0n) is 11.2. The molecule has 0 aliphatic carbocycles. The highest BCUT2D eigenvalue weighted by Gasteiger charge is 2.28. The largest absolute Gasteiger partial charge is 0.404 e. The van der Waals surface area contributed by atoms with E-state index in [1.165, 1.54) is 0 Å². The predicted octanol–water partition coefficient (Wildman–Crippen LogP) is 1.92. The third kappa shape index (κ3) is 1.61. The second-order valence-electron chi connectivity index (χ2n) is 5.07. The summed E-state index contributed by atoms with van der Waals surface area (Å²) < 4.78 is 4.78. The van der Waals surface area contributed by atoms with E-state index in [9.17, 15) is 9.59 Å². The second-order valence-corrected chi connectivity index (χ2v) is 5.07. The Morgan fingerprint density at radius 1 is 0.818 bits per heavy atom. The number of nitrogens with one attached hydrogen (secondary N) is 3. The molecule has 2 heterocycles. The van der Waals surface area contributed by atoms with Crippen LogP contribution < -0.4 is 5.32 Å². The number of ether oxygens (including phenoxy) is 1. The van der Waals surface area contributed by atoms with Crippen LogP contribution in [-0.4, -0.2) is 23.6 Å². The van der Waals surface area contributed by atoms with E-state index < -0.39 is 5.97 Å². The number of hydrogen-bond donors (Lipinski definition) is 3. The summed E-state index contributed by atoms with van der Waals surface area (Å²) in [7, 11) is 0. The smallest absolute Gasteiger partial charge is 0.345 e. The molecular weight excluding hydrogens is 282 g/mol. The van der Waals surface area contributed by atoms with Gasteiger partial charge in [0.2, 0.25) is 5.90 Å². The summed E-state index contributed by atoms with van der Waals surface area (Å²) in [6, 6.07) is 10.3. The zero-order valence-corrected chi connectivity index (χ0v) is 11.2. The predicted molar refractivity (Wildman–Crippen MR) is 78.4 cm³/mol. The lowest BCUT2D eigenvalue weighted by molar-refractivity contribution is 0.0735. The van der Waals surface area contributed by atoms with Gasteiger partial charge in [-0.3, -0.25) is 15.6 Å². The first kappa shape index (κ1) is 12.5. The van der Waals surface area contributed by atoms with Gasteiger partial charge in [-0.25, -0.2) is 4.79 Å². The van der Waals surface area contributed by atoms with Gasteiger partial charge in [-0.1, -0.05) is 12.1 Å². The van der Waals surface area contributed by atoms with Crippen molar-refractivity contribution in [2.75, 3.05) is 0 Å². The Balaban J connectivity index is 1.84. The molecule has 0 atom stereocenters. The van der Waals surface area contributed by atoms with Crippen molar-refractivity contribution >= 4 is 23.6 Å². The van der Waals surface area contributed by atoms with Gasteiger partial charge in [0.25, 0.3) is 5.91 Å². The first-order valence-electron chi connectivity index (χ1n) is 6.54. The molecule has 6 heteroatoms. The van der Waals surface area contributed by atoms with E-state index in [4.69, 9.17) is 15.6 Å². The van der Waals surface area contributed by atoms with E-state index in [-0.39, 0.29) is 17.6 Å². The Morgan fingerprint density at radius 2 is 1.45 bits per heavy atom. The van der Waals surface area contributed by atoms with Crippen LogP contribution in [0.3, 0.4) is 0 Å². The van der Waals surface area contributed by atoms with Crippen LogP contribution in [0, 0.1) is 10.8 Å². The van der Waals surface area contributed by atoms with Crippen LogP contribution in [0.5, 0.6) is 0 Å². The monoisotopic (exact) mass is 291 g/mol. The number of benzene rings is 2. The van der Waals surface area contributed by atoms with Crippen LogP contribution in [0.1, 0.15) is 31.8 Å². The summed E-state index contributed by atoms with van der Waals surface area (Å²) in [5.41, 5.74) is 3.38. The van der Waals surface area contributed by atoms with E-state index in [1.54, 1.807) is 36.4 Å². The van der Waals surface area contributed by atoms with Crippen LogP contribution in [0.2, 0.25) is 0 Å². The van der Waals surface area contributed by atoms with Gasteiger partial charge < -0.3 is 10.1 Å². The van der Waals surface area contributed by atoms with Crippen LogP contribution in [0.15, 0.2) is 36.4 Å². The molecule has 0 unspecified atom stereocenters. The number of esters is 1. The molecule has 0 saturated carbocycles. The molecule has 2 aliphatic heterocycles. The highest BCUT2D eigenvalue weighted by atomic mass is 16.5. The van der Waals surface area contributed by atoms with Crippen LogP contribution >= 0.6 is 0 Å². The molecular formula is C16H9N3O3. The number of rotatable bonds is 1. The molecule has 0 bridgehead atoms. The minimum Gasteiger partial charge on any atom is -0.404 e. The van der Waals surface area contributed by atoms with Gasteiger partial charge in [-0.05, 0) is 35.4 Å². The minimum atomic E-state index is -0.535. The maximum Gasteiger partial charge on any atom is 0.345 e. The maximum atomic E-state index is 11.7. The molecule has 2 aromatic rings. The molecule has 0 spiro atoms. The van der Waals surface area contributed by atoms with E-state index >= 15 is 0 Å². The van der Waals surface area contributed by atoms with Gasteiger partial charge >= 0.3 is 5.97 Å². The van der Waals surface area contributed by atoms with Crippen molar-refractivity contribution in [2.45, 2.75) is 0 Å². The molecule has 0 radical (unpaired) electrons. The van der Waals surface area contributed by atoms with Gasteiger partial charge in [-0.15, -0.1) is 0 Å². The average Bonchev–Trinajstić information content (AvgIpc) is 2.96. The van der Waals surface area contributed by atoms with E-state index in [0.29, 0.717) is 22.3 Å². The minimum absolute atomic E-state index is 0.0733. The zero-order chi connectivity index (χ0) is 15.4. The summed E-state index contributed by atoms with van der Waals surface area (Å²) in [4.78, 5) is 23.3. The summed E-state index contributed by atoms with van der Waals surface area (Å²) in [5.74, 6) is -0.883. The molecule has 0 aromatic heterocycles. The van der Waals surface area contributed by atoms with Crippen molar-refractivity contribution in [2.24, 2.45) is 0 Å². The Morgan fingerprint density at radius 3 is 2.18 bits per heavy atom. The standard InChI is InChI=1S/C16H9N3O3/c17-13-11-5-7(2-4-10(11)15(20)19-13)8-1-3-9-12(6-8)16(21)22-14(9)18/h1-6,18H,(H2,17,19,20). The quantitative estimate of drug-likeness (QED) is 0.699. The first-order chi connectivity index (χ1) is 10.5. The molecule has 1 amide bonds. The Kier molecular flexibility index (Phi) is 2.33. The number of cyclic esters (lactones) is 1. The van der Waals surface area contributed by atoms with Crippen molar-refractivity contribution in [1.82, 2.24) is 5.32 Å². The number of amides is 1. The van der Waals surface area contributed by atoms with Gasteiger partial charge in [0.15, 0.2) is 0 Å². The highest BCUT2D eigenvalue weighted by Crippen LogP contribution is 2.29. The van der Waals surface area contributed by atoms with E-state index in [1.807, 2.05) is 0 Å². The van der Waals surface area contributed by atoms with Crippen molar-refractivity contribution < 1.29 is 14.3 Å². The lowest BCUT2D eigenvalue weighted by Gasteiger charge is -2.05. The third-order valence-electron chi connectivity index (χ3n) is 3.78. The average molecular weight is 291 g/mol. The lowest BCUT2D eigenvalue weighted by atomic mass is 9.97. The summed E-state index contributed by atoms with van der Waals surface area (Å²) in [6.07, 6.45) is 0. The van der Waals surface area contributed by atoms with E-state index in [0.717, 1.165) is 11.1 Å². The van der Waals surface area contributed by atoms with Crippen LogP contribution in [0.25, 0.3) is 11.1 Å². The summed E-state index contributed by atoms with van der Waals surface area (Å²) in [5, 5.41) is 17.8. The molecule has 4 rings (SSSR count). The third-order valence-corrected chi connectivity index (χ3v) is 3.78. The molecule has 0 saturated heterocycles. The number of amidine groups is 1. The fourth-order valence-electron chi connectivity index (χ4n) is 2.67. The van der Waals surface area contributed by atoms with Crippen molar-refractivity contribution in [3.05, 3.63) is 58.7 Å². The highest BCUT2D eigenvalue weighted by molar-refractivity contribution is 6.23. The van der Waals surface area contributed by atoms with E-state index in [2.05, 4.69) is 5.32 Å². The molecule has 3 N–H and O–H groups in total. The lowest BCUT2D eigenvalue weighted by Crippen LogP contribution is -2.19. The van der Waals surface area contributed by atoms with Crippen LogP contribution in [-0.2, 0) is 4.74 Å². The maximum absolute atomic E-state index is 11.7. The Labute approximate surface area is 124 Å². The number of fused-ring (bicyclic) bond motifs is 2. The molecule has 2 aromatic carbocycles. The molecule has 2 aliphatic rings. The molecule has 106 valence electrons. The molecule has 22 heavy (non-hydrogen) atoms. The van der Waals surface area contributed by atoms with Gasteiger partial charge in [0.1, 0.15) is 5.84 Å².